The molecule has 19 heteroatoms. The fourth-order valence-electron chi connectivity index (χ4n) is 12.7. The number of amides is 1. The number of rotatable bonds is 61. The van der Waals surface area contributed by atoms with Gasteiger partial charge in [-0.3, -0.25) is 4.79 Å². The minimum atomic E-state index is -1.99. The summed E-state index contributed by atoms with van der Waals surface area (Å²) in [7, 11) is 0. The Morgan fingerprint density at radius 1 is 0.366 bits per heavy atom. The summed E-state index contributed by atoms with van der Waals surface area (Å²) in [4.78, 5) is 13.5. The number of aliphatic hydroxyl groups excluding tert-OH is 11. The van der Waals surface area contributed by atoms with Gasteiger partial charge < -0.3 is 89.9 Å². The second kappa shape index (κ2) is 61.6. The summed E-state index contributed by atoms with van der Waals surface area (Å²) in [6.45, 7) is 1.61. The van der Waals surface area contributed by atoms with Gasteiger partial charge in [0.15, 0.2) is 18.9 Å². The molecule has 3 rings (SSSR count). The largest absolute Gasteiger partial charge is 0.394 e. The molecular formula is C82H141NO18. The van der Waals surface area contributed by atoms with E-state index in [9.17, 15) is 61.0 Å². The summed E-state index contributed by atoms with van der Waals surface area (Å²) in [6.07, 6.45) is 57.8. The number of carbonyl (C=O) groups is 1. The highest BCUT2D eigenvalue weighted by atomic mass is 16.8. The van der Waals surface area contributed by atoms with Crippen molar-refractivity contribution in [2.75, 3.05) is 26.4 Å². The number of hydrogen-bond donors (Lipinski definition) is 12. The second-order valence-electron chi connectivity index (χ2n) is 27.8. The van der Waals surface area contributed by atoms with E-state index in [-0.39, 0.29) is 18.9 Å². The first-order valence-electron chi connectivity index (χ1n) is 39.6. The molecule has 0 radical (unpaired) electrons. The first-order valence-corrected chi connectivity index (χ1v) is 39.6. The highest BCUT2D eigenvalue weighted by Crippen LogP contribution is 2.33. The Kier molecular flexibility index (Phi) is 55.9. The van der Waals surface area contributed by atoms with Crippen LogP contribution in [0.25, 0.3) is 0 Å². The lowest BCUT2D eigenvalue weighted by atomic mass is 9.96. The molecule has 17 atom stereocenters. The highest BCUT2D eigenvalue weighted by Gasteiger charge is 2.53. The van der Waals surface area contributed by atoms with Crippen LogP contribution < -0.4 is 5.32 Å². The van der Waals surface area contributed by atoms with E-state index in [4.69, 9.17) is 28.4 Å². The molecule has 0 saturated carbocycles. The predicted octanol–water partition coefficient (Wildman–Crippen LogP) is 12.9. The van der Waals surface area contributed by atoms with Crippen LogP contribution in [0.5, 0.6) is 0 Å². The molecule has 101 heavy (non-hydrogen) atoms. The van der Waals surface area contributed by atoms with Crippen LogP contribution in [-0.4, -0.2) is 193 Å². The van der Waals surface area contributed by atoms with Gasteiger partial charge in [-0.15, -0.1) is 0 Å². The third-order valence-corrected chi connectivity index (χ3v) is 19.1. The lowest BCUT2D eigenvalue weighted by Crippen LogP contribution is -2.66. The number of allylic oxidation sites excluding steroid dienone is 17. The normalized spacial score (nSPS) is 26.9. The summed E-state index contributed by atoms with van der Waals surface area (Å²) in [6, 6.07) is -1.00. The predicted molar refractivity (Wildman–Crippen MR) is 401 cm³/mol. The lowest BCUT2D eigenvalue weighted by molar-refractivity contribution is -0.379. The van der Waals surface area contributed by atoms with Gasteiger partial charge in [0.05, 0.1) is 38.6 Å². The molecule has 12 N–H and O–H groups in total. The van der Waals surface area contributed by atoms with Crippen molar-refractivity contribution >= 4 is 5.91 Å². The van der Waals surface area contributed by atoms with Gasteiger partial charge in [-0.05, 0) is 89.9 Å². The molecule has 0 aliphatic carbocycles. The van der Waals surface area contributed by atoms with Gasteiger partial charge in [0.2, 0.25) is 5.91 Å². The summed E-state index contributed by atoms with van der Waals surface area (Å²) >= 11 is 0. The third-order valence-electron chi connectivity index (χ3n) is 19.1. The Morgan fingerprint density at radius 3 is 1.11 bits per heavy atom. The van der Waals surface area contributed by atoms with Gasteiger partial charge in [0.1, 0.15) is 73.2 Å². The van der Waals surface area contributed by atoms with E-state index in [0.717, 1.165) is 96.3 Å². The van der Waals surface area contributed by atoms with Crippen molar-refractivity contribution in [3.63, 3.8) is 0 Å². The van der Waals surface area contributed by atoms with Crippen molar-refractivity contribution in [3.8, 4) is 0 Å². The Labute approximate surface area is 608 Å². The standard InChI is InChI=1S/C82H141NO18/c1-3-5-7-9-11-13-15-17-19-21-23-25-27-28-29-30-31-32-33-34-35-36-38-40-42-44-46-48-50-52-54-56-58-60-70(88)83-65(66(87)59-57-55-53-51-49-47-45-43-41-39-37-26-24-22-20-18-16-14-12-10-8-6-4-2)64-96-80-76(94)73(91)78(68(62-85)98-80)101-82-77(95)74(92)79(69(63-86)99-82)100-81-75(93)72(90)71(89)67(61-84)97-81/h5,7,11,13,17,19,23,25,28-29,31-32,34-35,49,51,57,59,65-69,71-82,84-87,89-95H,3-4,6,8-10,12,14-16,18,20-22,24,26-27,30,33,36-48,50,52-56,58,60-64H2,1-2H3,(H,83,88)/b7-5-,13-11-,19-17-,25-23-,29-28-,32-31-,35-34-,51-49+,59-57+. The van der Waals surface area contributed by atoms with Crippen LogP contribution in [-0.2, 0) is 33.2 Å². The molecule has 3 saturated heterocycles. The van der Waals surface area contributed by atoms with Crippen LogP contribution in [0.15, 0.2) is 109 Å². The molecule has 0 aromatic heterocycles. The molecule has 1 amide bonds. The Balaban J connectivity index is 1.39. The summed E-state index contributed by atoms with van der Waals surface area (Å²) in [5, 5.41) is 121. The highest BCUT2D eigenvalue weighted by molar-refractivity contribution is 5.76. The number of ether oxygens (including phenoxy) is 6. The van der Waals surface area contributed by atoms with Crippen molar-refractivity contribution in [2.24, 2.45) is 0 Å². The maximum atomic E-state index is 13.5. The molecule has 3 heterocycles. The maximum absolute atomic E-state index is 13.5. The van der Waals surface area contributed by atoms with Gasteiger partial charge in [0.25, 0.3) is 0 Å². The Morgan fingerprint density at radius 2 is 0.693 bits per heavy atom. The third kappa shape index (κ3) is 41.8. The zero-order chi connectivity index (χ0) is 73.2. The lowest BCUT2D eigenvalue weighted by Gasteiger charge is -2.48. The van der Waals surface area contributed by atoms with Gasteiger partial charge in [0, 0.05) is 6.42 Å². The van der Waals surface area contributed by atoms with Crippen molar-refractivity contribution in [1.82, 2.24) is 5.32 Å². The quantitative estimate of drug-likeness (QED) is 0.0199. The summed E-state index contributed by atoms with van der Waals surface area (Å²) < 4.78 is 34.4. The second-order valence-corrected chi connectivity index (χ2v) is 27.8. The smallest absolute Gasteiger partial charge is 0.220 e. The topological polar surface area (TPSA) is 307 Å². The molecule has 3 fully saturated rings. The van der Waals surface area contributed by atoms with E-state index in [2.05, 4.69) is 116 Å². The van der Waals surface area contributed by atoms with Crippen molar-refractivity contribution in [1.29, 1.82) is 0 Å². The average Bonchev–Trinajstić information content (AvgIpc) is 0.783. The molecule has 0 spiro atoms. The summed E-state index contributed by atoms with van der Waals surface area (Å²) in [5.74, 6) is -0.291. The van der Waals surface area contributed by atoms with Crippen LogP contribution >= 0.6 is 0 Å². The van der Waals surface area contributed by atoms with Crippen LogP contribution in [0, 0.1) is 0 Å². The molecular weight excluding hydrogens is 1290 g/mol. The van der Waals surface area contributed by atoms with Crippen LogP contribution in [0.2, 0.25) is 0 Å². The van der Waals surface area contributed by atoms with E-state index in [1.54, 1.807) is 6.08 Å². The van der Waals surface area contributed by atoms with E-state index >= 15 is 0 Å². The maximum Gasteiger partial charge on any atom is 0.220 e. The molecule has 3 aliphatic rings. The van der Waals surface area contributed by atoms with Crippen LogP contribution in [0.1, 0.15) is 271 Å². The zero-order valence-corrected chi connectivity index (χ0v) is 62.1. The number of aliphatic hydroxyl groups is 11. The Bertz CT molecular complexity index is 2250. The van der Waals surface area contributed by atoms with E-state index in [1.165, 1.54) is 141 Å². The number of hydrogen-bond acceptors (Lipinski definition) is 18. The molecule has 0 aromatic carbocycles. The molecule has 582 valence electrons. The van der Waals surface area contributed by atoms with Crippen molar-refractivity contribution in [2.45, 2.75) is 375 Å². The molecule has 17 unspecified atom stereocenters. The molecule has 19 nitrogen and oxygen atoms in total. The summed E-state index contributed by atoms with van der Waals surface area (Å²) in [5.41, 5.74) is 0. The molecule has 0 bridgehead atoms. The first-order chi connectivity index (χ1) is 49.3. The SMILES string of the molecule is CC/C=C\C/C=C\C/C=C\C/C=C\C/C=C\C/C=C\C/C=C\CCCCCCCCCCCCCC(=O)NC(COC1OC(CO)C(OC2OC(CO)C(OC3OC(CO)C(O)C(O)C3O)C(O)C2O)C(O)C1O)C(O)/C=C/CC/C=C/CCCCCCCCCCCCCCCCCCC. The molecule has 0 aromatic rings. The van der Waals surface area contributed by atoms with Crippen molar-refractivity contribution in [3.05, 3.63) is 109 Å². The van der Waals surface area contributed by atoms with Crippen molar-refractivity contribution < 1.29 is 89.4 Å². The van der Waals surface area contributed by atoms with Crippen LogP contribution in [0.4, 0.5) is 0 Å². The minimum absolute atomic E-state index is 0.225. The van der Waals surface area contributed by atoms with E-state index in [1.807, 2.05) is 6.08 Å². The van der Waals surface area contributed by atoms with Gasteiger partial charge in [-0.1, -0.05) is 284 Å². The van der Waals surface area contributed by atoms with Gasteiger partial charge in [-0.2, -0.15) is 0 Å². The average molecular weight is 1430 g/mol. The van der Waals surface area contributed by atoms with Gasteiger partial charge >= 0.3 is 0 Å². The fraction of sp³-hybridized carbons (Fsp3) is 0.768. The number of nitrogens with one attached hydrogen (secondary N) is 1. The zero-order valence-electron chi connectivity index (χ0n) is 62.1. The monoisotopic (exact) mass is 1430 g/mol. The van der Waals surface area contributed by atoms with E-state index in [0.29, 0.717) is 12.8 Å². The Hall–Kier alpha value is -3.55. The first kappa shape index (κ1) is 91.7. The fourth-order valence-corrected chi connectivity index (χ4v) is 12.7. The van der Waals surface area contributed by atoms with E-state index < -0.39 is 124 Å². The molecule has 3 aliphatic heterocycles. The minimum Gasteiger partial charge on any atom is -0.394 e. The number of carbonyl (C=O) groups excluding carboxylic acids is 1. The van der Waals surface area contributed by atoms with Gasteiger partial charge in [-0.25, -0.2) is 0 Å². The number of unbranched alkanes of at least 4 members (excludes halogenated alkanes) is 29. The van der Waals surface area contributed by atoms with Crippen LogP contribution in [0.3, 0.4) is 0 Å².